The normalized spacial score (nSPS) is 27.9. The van der Waals surface area contributed by atoms with Crippen molar-refractivity contribution in [2.75, 3.05) is 25.0 Å². The van der Waals surface area contributed by atoms with E-state index >= 15 is 0 Å². The molecule has 3 N–H and O–H groups in total. The van der Waals surface area contributed by atoms with Gasteiger partial charge in [0.15, 0.2) is 0 Å². The summed E-state index contributed by atoms with van der Waals surface area (Å²) in [7, 11) is 0. The largest absolute Gasteiger partial charge is 0.354 e. The van der Waals surface area contributed by atoms with Crippen LogP contribution in [-0.2, 0) is 14.4 Å². The van der Waals surface area contributed by atoms with Gasteiger partial charge in [0.05, 0.1) is 24.1 Å². The van der Waals surface area contributed by atoms with E-state index in [-0.39, 0.29) is 23.8 Å². The van der Waals surface area contributed by atoms with Crippen molar-refractivity contribution < 1.29 is 14.4 Å². The van der Waals surface area contributed by atoms with Gasteiger partial charge < -0.3 is 10.6 Å². The molecule has 2 aliphatic heterocycles. The Labute approximate surface area is 176 Å². The molecule has 4 rings (SSSR count). The van der Waals surface area contributed by atoms with Gasteiger partial charge >= 0.3 is 0 Å². The smallest absolute Gasteiger partial charge is 0.245 e. The van der Waals surface area contributed by atoms with Crippen molar-refractivity contribution in [2.24, 2.45) is 22.4 Å². The highest BCUT2D eigenvalue weighted by molar-refractivity contribution is 6.19. The van der Waals surface area contributed by atoms with Gasteiger partial charge in [0.2, 0.25) is 17.7 Å². The predicted octanol–water partition coefficient (Wildman–Crippen LogP) is 1.33. The number of carbonyl (C=O) groups is 3. The van der Waals surface area contributed by atoms with Crippen LogP contribution < -0.4 is 16.1 Å². The van der Waals surface area contributed by atoms with Crippen LogP contribution in [0.2, 0.25) is 0 Å². The van der Waals surface area contributed by atoms with Gasteiger partial charge in [-0.1, -0.05) is 25.1 Å². The SMILES string of the molecule is CC(C)NC(=O)[C@@H]1[C@H]2C(=O)NN=C(c3ccccc3NC(=O)CN3CCCC3)[C@@]21C. The molecule has 3 amide bonds. The Morgan fingerprint density at radius 1 is 1.27 bits per heavy atom. The van der Waals surface area contributed by atoms with Crippen LogP contribution in [0.3, 0.4) is 0 Å². The summed E-state index contributed by atoms with van der Waals surface area (Å²) >= 11 is 0. The quantitative estimate of drug-likeness (QED) is 0.657. The Bertz CT molecular complexity index is 906. The minimum absolute atomic E-state index is 0.00985. The first-order chi connectivity index (χ1) is 14.3. The van der Waals surface area contributed by atoms with E-state index in [1.165, 1.54) is 0 Å². The fourth-order valence-corrected chi connectivity index (χ4v) is 4.81. The zero-order valence-corrected chi connectivity index (χ0v) is 17.7. The summed E-state index contributed by atoms with van der Waals surface area (Å²) in [6, 6.07) is 7.42. The summed E-state index contributed by atoms with van der Waals surface area (Å²) in [4.78, 5) is 39.9. The zero-order chi connectivity index (χ0) is 21.5. The number of likely N-dealkylation sites (tertiary alicyclic amines) is 1. The topological polar surface area (TPSA) is 103 Å². The summed E-state index contributed by atoms with van der Waals surface area (Å²) < 4.78 is 0. The fraction of sp³-hybridized carbons (Fsp3) is 0.545. The van der Waals surface area contributed by atoms with Crippen LogP contribution >= 0.6 is 0 Å². The number of hydrogen-bond donors (Lipinski definition) is 3. The van der Waals surface area contributed by atoms with Crippen LogP contribution in [0.5, 0.6) is 0 Å². The van der Waals surface area contributed by atoms with E-state index in [4.69, 9.17) is 0 Å². The molecule has 30 heavy (non-hydrogen) atoms. The van der Waals surface area contributed by atoms with Gasteiger partial charge in [-0.2, -0.15) is 5.10 Å². The summed E-state index contributed by atoms with van der Waals surface area (Å²) in [6.45, 7) is 7.94. The van der Waals surface area contributed by atoms with Crippen LogP contribution in [-0.4, -0.2) is 54.0 Å². The number of rotatable bonds is 6. The molecule has 1 aromatic carbocycles. The highest BCUT2D eigenvalue weighted by Gasteiger charge is 2.72. The van der Waals surface area contributed by atoms with Gasteiger partial charge in [0.1, 0.15) is 0 Å². The number of nitrogens with zero attached hydrogens (tertiary/aromatic N) is 2. The maximum atomic E-state index is 12.7. The van der Waals surface area contributed by atoms with Crippen molar-refractivity contribution in [3.05, 3.63) is 29.8 Å². The molecular formula is C22H29N5O3. The molecule has 3 aliphatic rings. The molecule has 0 spiro atoms. The molecule has 1 aromatic rings. The number of carbonyl (C=O) groups excluding carboxylic acids is 3. The second-order valence-corrected chi connectivity index (χ2v) is 8.91. The molecule has 0 unspecified atom stereocenters. The first-order valence-electron chi connectivity index (χ1n) is 10.6. The third-order valence-corrected chi connectivity index (χ3v) is 6.32. The number of amides is 3. The first-order valence-corrected chi connectivity index (χ1v) is 10.6. The van der Waals surface area contributed by atoms with Gasteiger partial charge in [0.25, 0.3) is 0 Å². The number of benzene rings is 1. The van der Waals surface area contributed by atoms with Crippen LogP contribution in [0.15, 0.2) is 29.4 Å². The molecule has 160 valence electrons. The van der Waals surface area contributed by atoms with Crippen molar-refractivity contribution in [3.8, 4) is 0 Å². The lowest BCUT2D eigenvalue weighted by atomic mass is 9.89. The number of para-hydroxylation sites is 1. The van der Waals surface area contributed by atoms with Crippen molar-refractivity contribution >= 4 is 29.1 Å². The molecule has 1 saturated carbocycles. The molecule has 8 nitrogen and oxygen atoms in total. The maximum Gasteiger partial charge on any atom is 0.245 e. The lowest BCUT2D eigenvalue weighted by Crippen LogP contribution is -2.35. The lowest BCUT2D eigenvalue weighted by Gasteiger charge is -2.22. The van der Waals surface area contributed by atoms with Gasteiger partial charge in [0, 0.05) is 22.7 Å². The number of hydrazone groups is 1. The molecule has 0 aromatic heterocycles. The minimum Gasteiger partial charge on any atom is -0.354 e. The van der Waals surface area contributed by atoms with E-state index in [0.717, 1.165) is 31.5 Å². The van der Waals surface area contributed by atoms with E-state index in [1.54, 1.807) is 0 Å². The number of hydrogen-bond acceptors (Lipinski definition) is 5. The predicted molar refractivity (Wildman–Crippen MR) is 114 cm³/mol. The summed E-state index contributed by atoms with van der Waals surface area (Å²) in [5.41, 5.74) is 3.89. The van der Waals surface area contributed by atoms with E-state index < -0.39 is 17.3 Å². The Hall–Kier alpha value is -2.74. The first kappa shape index (κ1) is 20.5. The third kappa shape index (κ3) is 3.60. The molecule has 0 radical (unpaired) electrons. The Balaban J connectivity index is 1.58. The molecule has 2 fully saturated rings. The highest BCUT2D eigenvalue weighted by Crippen LogP contribution is 2.62. The Morgan fingerprint density at radius 3 is 2.67 bits per heavy atom. The summed E-state index contributed by atoms with van der Waals surface area (Å²) in [5, 5.41) is 10.3. The van der Waals surface area contributed by atoms with Crippen molar-refractivity contribution in [3.63, 3.8) is 0 Å². The molecular weight excluding hydrogens is 382 g/mol. The van der Waals surface area contributed by atoms with E-state index in [1.807, 2.05) is 45.0 Å². The van der Waals surface area contributed by atoms with E-state index in [0.29, 0.717) is 17.9 Å². The van der Waals surface area contributed by atoms with Crippen molar-refractivity contribution in [2.45, 2.75) is 39.7 Å². The monoisotopic (exact) mass is 411 g/mol. The maximum absolute atomic E-state index is 12.7. The highest BCUT2D eigenvalue weighted by atomic mass is 16.2. The van der Waals surface area contributed by atoms with Gasteiger partial charge in [-0.15, -0.1) is 0 Å². The molecule has 3 atom stereocenters. The standard InChI is InChI=1S/C22H29N5O3/c1-13(2)23-20(29)17-18-21(30)26-25-19(22(17,18)3)14-8-4-5-9-15(14)24-16(28)12-27-10-6-7-11-27/h4-5,8-9,13,17-18H,6-7,10-12H2,1-3H3,(H,23,29)(H,24,28)(H,26,30)/t17-,18-,22+/m0/s1. The molecule has 0 bridgehead atoms. The van der Waals surface area contributed by atoms with Gasteiger partial charge in [-0.05, 0) is 45.8 Å². The van der Waals surface area contributed by atoms with Gasteiger partial charge in [-0.25, -0.2) is 5.43 Å². The van der Waals surface area contributed by atoms with Crippen LogP contribution in [0.1, 0.15) is 39.2 Å². The third-order valence-electron chi connectivity index (χ3n) is 6.32. The minimum atomic E-state index is -0.697. The number of fused-ring (bicyclic) bond motifs is 1. The average Bonchev–Trinajstić information content (AvgIpc) is 3.03. The average molecular weight is 412 g/mol. The lowest BCUT2D eigenvalue weighted by molar-refractivity contribution is -0.127. The molecule has 8 heteroatoms. The Morgan fingerprint density at radius 2 is 1.97 bits per heavy atom. The summed E-state index contributed by atoms with van der Waals surface area (Å²) in [6.07, 6.45) is 2.25. The van der Waals surface area contributed by atoms with Crippen molar-refractivity contribution in [1.29, 1.82) is 0 Å². The molecule has 2 heterocycles. The van der Waals surface area contributed by atoms with Crippen LogP contribution in [0.25, 0.3) is 0 Å². The van der Waals surface area contributed by atoms with Gasteiger partial charge in [-0.3, -0.25) is 19.3 Å². The van der Waals surface area contributed by atoms with Crippen LogP contribution in [0.4, 0.5) is 5.69 Å². The molecule has 1 saturated heterocycles. The molecule has 1 aliphatic carbocycles. The second kappa shape index (κ2) is 7.83. The van der Waals surface area contributed by atoms with E-state index in [2.05, 4.69) is 26.1 Å². The number of nitrogens with one attached hydrogen (secondary N) is 3. The Kier molecular flexibility index (Phi) is 5.36. The summed E-state index contributed by atoms with van der Waals surface area (Å²) in [5.74, 6) is -1.39. The second-order valence-electron chi connectivity index (χ2n) is 8.91. The fourth-order valence-electron chi connectivity index (χ4n) is 4.81. The van der Waals surface area contributed by atoms with Crippen LogP contribution in [0, 0.1) is 17.3 Å². The zero-order valence-electron chi connectivity index (χ0n) is 17.7. The number of anilines is 1. The van der Waals surface area contributed by atoms with E-state index in [9.17, 15) is 14.4 Å². The van der Waals surface area contributed by atoms with Crippen molar-refractivity contribution in [1.82, 2.24) is 15.6 Å².